The van der Waals surface area contributed by atoms with Crippen LogP contribution in [-0.4, -0.2) is 21.8 Å². The van der Waals surface area contributed by atoms with Crippen LogP contribution in [0.2, 0.25) is 5.02 Å². The normalized spacial score (nSPS) is 10.5. The molecule has 2 rings (SSSR count). The maximum atomic E-state index is 5.77. The summed E-state index contributed by atoms with van der Waals surface area (Å²) in [6.07, 6.45) is 5.13. The number of pyridine rings is 1. The predicted octanol–water partition coefficient (Wildman–Crippen LogP) is 1.64. The van der Waals surface area contributed by atoms with Crippen molar-refractivity contribution in [1.29, 1.82) is 0 Å². The summed E-state index contributed by atoms with van der Waals surface area (Å²) in [5, 5.41) is 7.74. The van der Waals surface area contributed by atoms with Gasteiger partial charge in [0.15, 0.2) is 5.82 Å². The summed E-state index contributed by atoms with van der Waals surface area (Å²) < 4.78 is 1.64. The fraction of sp³-hybridized carbons (Fsp3) is 0.200. The van der Waals surface area contributed by atoms with Gasteiger partial charge in [0.2, 0.25) is 0 Å². The molecule has 2 heterocycles. The second-order valence-electron chi connectivity index (χ2n) is 3.16. The van der Waals surface area contributed by atoms with Crippen molar-refractivity contribution < 1.29 is 0 Å². The number of hydrogen-bond donors (Lipinski definition) is 1. The van der Waals surface area contributed by atoms with Gasteiger partial charge < -0.3 is 5.32 Å². The number of halogens is 1. The van der Waals surface area contributed by atoms with Crippen LogP contribution in [0.3, 0.4) is 0 Å². The lowest BCUT2D eigenvalue weighted by molar-refractivity contribution is 0.802. The van der Waals surface area contributed by atoms with Gasteiger partial charge in [-0.15, -0.1) is 0 Å². The number of rotatable bonds is 3. The minimum atomic E-state index is 0.608. The van der Waals surface area contributed by atoms with Crippen LogP contribution >= 0.6 is 11.6 Å². The molecular weight excluding hydrogens is 212 g/mol. The minimum absolute atomic E-state index is 0.608. The van der Waals surface area contributed by atoms with E-state index in [0.717, 1.165) is 17.9 Å². The Morgan fingerprint density at radius 3 is 2.80 bits per heavy atom. The van der Waals surface area contributed by atoms with E-state index in [4.69, 9.17) is 11.6 Å². The summed E-state index contributed by atoms with van der Waals surface area (Å²) >= 11 is 5.77. The highest BCUT2D eigenvalue weighted by molar-refractivity contribution is 6.30. The highest BCUT2D eigenvalue weighted by Crippen LogP contribution is 2.10. The van der Waals surface area contributed by atoms with Crippen molar-refractivity contribution in [1.82, 2.24) is 20.1 Å². The van der Waals surface area contributed by atoms with Crippen LogP contribution in [0.1, 0.15) is 5.56 Å². The van der Waals surface area contributed by atoms with Gasteiger partial charge in [-0.3, -0.25) is 0 Å². The lowest BCUT2D eigenvalue weighted by atomic mass is 10.3. The van der Waals surface area contributed by atoms with Crippen LogP contribution in [0.25, 0.3) is 5.82 Å². The molecule has 0 aliphatic heterocycles. The summed E-state index contributed by atoms with van der Waals surface area (Å²) in [5.74, 6) is 0.766. The lowest BCUT2D eigenvalue weighted by Crippen LogP contribution is -2.06. The van der Waals surface area contributed by atoms with Crippen molar-refractivity contribution in [3.05, 3.63) is 41.3 Å². The third-order valence-electron chi connectivity index (χ3n) is 1.98. The van der Waals surface area contributed by atoms with Gasteiger partial charge in [-0.25, -0.2) is 9.67 Å². The summed E-state index contributed by atoms with van der Waals surface area (Å²) in [5.41, 5.74) is 1.14. The van der Waals surface area contributed by atoms with Gasteiger partial charge in [-0.1, -0.05) is 17.7 Å². The summed E-state index contributed by atoms with van der Waals surface area (Å²) in [4.78, 5) is 4.28. The van der Waals surface area contributed by atoms with E-state index in [-0.39, 0.29) is 0 Å². The summed E-state index contributed by atoms with van der Waals surface area (Å²) in [6, 6.07) is 3.92. The fourth-order valence-electron chi connectivity index (χ4n) is 1.29. The van der Waals surface area contributed by atoms with Crippen molar-refractivity contribution in [3.63, 3.8) is 0 Å². The number of nitrogens with zero attached hydrogens (tertiary/aromatic N) is 3. The van der Waals surface area contributed by atoms with Crippen LogP contribution < -0.4 is 5.32 Å². The van der Waals surface area contributed by atoms with Crippen molar-refractivity contribution in [2.75, 3.05) is 7.05 Å². The average molecular weight is 223 g/mol. The smallest absolute Gasteiger partial charge is 0.153 e. The van der Waals surface area contributed by atoms with E-state index in [1.54, 1.807) is 17.1 Å². The number of nitrogens with one attached hydrogen (secondary N) is 1. The molecule has 0 spiro atoms. The highest BCUT2D eigenvalue weighted by atomic mass is 35.5. The Balaban J connectivity index is 2.23. The molecular formula is C10H11ClN4. The largest absolute Gasteiger partial charge is 0.316 e. The van der Waals surface area contributed by atoms with Gasteiger partial charge in [0.25, 0.3) is 0 Å². The molecule has 78 valence electrons. The SMILES string of the molecule is CNCc1ccc(-n2cc(Cl)cn2)nc1. The Labute approximate surface area is 92.9 Å². The zero-order valence-electron chi connectivity index (χ0n) is 8.31. The van der Waals surface area contributed by atoms with Gasteiger partial charge >= 0.3 is 0 Å². The van der Waals surface area contributed by atoms with Crippen LogP contribution in [0.5, 0.6) is 0 Å². The zero-order chi connectivity index (χ0) is 10.7. The van der Waals surface area contributed by atoms with Crippen LogP contribution in [0, 0.1) is 0 Å². The van der Waals surface area contributed by atoms with Gasteiger partial charge in [0.05, 0.1) is 17.4 Å². The van der Waals surface area contributed by atoms with E-state index in [9.17, 15) is 0 Å². The summed E-state index contributed by atoms with van der Waals surface area (Å²) in [6.45, 7) is 0.813. The van der Waals surface area contributed by atoms with Crippen molar-refractivity contribution in [2.24, 2.45) is 0 Å². The first-order chi connectivity index (χ1) is 7.29. The Morgan fingerprint density at radius 1 is 1.40 bits per heavy atom. The molecule has 0 unspecified atom stereocenters. The number of hydrogen-bond acceptors (Lipinski definition) is 3. The number of aromatic nitrogens is 3. The standard InChI is InChI=1S/C10H11ClN4/c1-12-4-8-2-3-10(13-5-8)15-7-9(11)6-14-15/h2-3,5-7,12H,4H2,1H3. The molecule has 2 aromatic rings. The van der Waals surface area contributed by atoms with Gasteiger partial charge in [0.1, 0.15) is 0 Å². The fourth-order valence-corrected chi connectivity index (χ4v) is 1.42. The first-order valence-corrected chi connectivity index (χ1v) is 4.97. The third kappa shape index (κ3) is 2.34. The second-order valence-corrected chi connectivity index (χ2v) is 3.59. The summed E-state index contributed by atoms with van der Waals surface area (Å²) in [7, 11) is 1.90. The van der Waals surface area contributed by atoms with Crippen LogP contribution in [0.4, 0.5) is 0 Å². The van der Waals surface area contributed by atoms with E-state index in [1.165, 1.54) is 0 Å². The van der Waals surface area contributed by atoms with Crippen molar-refractivity contribution in [2.45, 2.75) is 6.54 Å². The van der Waals surface area contributed by atoms with Crippen molar-refractivity contribution >= 4 is 11.6 Å². The maximum Gasteiger partial charge on any atom is 0.153 e. The molecule has 0 radical (unpaired) electrons. The molecule has 0 atom stereocenters. The Kier molecular flexibility index (Phi) is 2.99. The molecule has 0 fully saturated rings. The van der Waals surface area contributed by atoms with Crippen molar-refractivity contribution in [3.8, 4) is 5.82 Å². The van der Waals surface area contributed by atoms with E-state index in [0.29, 0.717) is 5.02 Å². The minimum Gasteiger partial charge on any atom is -0.316 e. The molecule has 0 saturated carbocycles. The molecule has 1 N–H and O–H groups in total. The first kappa shape index (κ1) is 10.1. The molecule has 15 heavy (non-hydrogen) atoms. The first-order valence-electron chi connectivity index (χ1n) is 4.59. The van der Waals surface area contributed by atoms with E-state index >= 15 is 0 Å². The Bertz CT molecular complexity index is 435. The van der Waals surface area contributed by atoms with Crippen LogP contribution in [-0.2, 0) is 6.54 Å². The third-order valence-corrected chi connectivity index (χ3v) is 2.17. The maximum absolute atomic E-state index is 5.77. The van der Waals surface area contributed by atoms with Gasteiger partial charge in [-0.05, 0) is 18.7 Å². The molecule has 0 aromatic carbocycles. The molecule has 4 nitrogen and oxygen atoms in total. The molecule has 2 aromatic heterocycles. The monoisotopic (exact) mass is 222 g/mol. The lowest BCUT2D eigenvalue weighted by Gasteiger charge is -2.02. The predicted molar refractivity (Wildman–Crippen MR) is 59.1 cm³/mol. The highest BCUT2D eigenvalue weighted by Gasteiger charge is 2.00. The van der Waals surface area contributed by atoms with E-state index < -0.39 is 0 Å². The molecule has 0 aliphatic rings. The van der Waals surface area contributed by atoms with Crippen LogP contribution in [0.15, 0.2) is 30.7 Å². The Hall–Kier alpha value is -1.39. The molecule has 0 amide bonds. The molecule has 0 bridgehead atoms. The van der Waals surface area contributed by atoms with E-state index in [1.807, 2.05) is 25.4 Å². The molecule has 0 aliphatic carbocycles. The topological polar surface area (TPSA) is 42.7 Å². The molecule has 0 saturated heterocycles. The van der Waals surface area contributed by atoms with Gasteiger partial charge in [-0.2, -0.15) is 5.10 Å². The average Bonchev–Trinajstić information content (AvgIpc) is 2.67. The van der Waals surface area contributed by atoms with E-state index in [2.05, 4.69) is 15.4 Å². The quantitative estimate of drug-likeness (QED) is 0.859. The second kappa shape index (κ2) is 4.42. The zero-order valence-corrected chi connectivity index (χ0v) is 9.07. The Morgan fingerprint density at radius 2 is 2.27 bits per heavy atom. The van der Waals surface area contributed by atoms with Gasteiger partial charge in [0, 0.05) is 12.7 Å². The molecule has 5 heteroatoms.